The van der Waals surface area contributed by atoms with E-state index in [4.69, 9.17) is 9.47 Å². The first kappa shape index (κ1) is 14.5. The van der Waals surface area contributed by atoms with E-state index in [1.807, 2.05) is 6.92 Å². The highest BCUT2D eigenvalue weighted by Crippen LogP contribution is 2.27. The van der Waals surface area contributed by atoms with E-state index in [-0.39, 0.29) is 18.2 Å². The van der Waals surface area contributed by atoms with Gasteiger partial charge in [0, 0.05) is 0 Å². The first-order valence-corrected chi connectivity index (χ1v) is 6.99. The molecule has 0 bridgehead atoms. The SMILES string of the molecule is CCCC(OC1CCCC(C)C1)C(=O)OCC. The third-order valence-corrected chi connectivity index (χ3v) is 3.35. The molecule has 0 saturated heterocycles. The Hall–Kier alpha value is -0.570. The lowest BCUT2D eigenvalue weighted by Crippen LogP contribution is -2.33. The van der Waals surface area contributed by atoms with Crippen LogP contribution in [0.25, 0.3) is 0 Å². The van der Waals surface area contributed by atoms with Crippen molar-refractivity contribution >= 4 is 5.97 Å². The lowest BCUT2D eigenvalue weighted by molar-refractivity contribution is -0.163. The molecule has 1 fully saturated rings. The molecule has 3 atom stereocenters. The zero-order valence-electron chi connectivity index (χ0n) is 11.4. The third kappa shape index (κ3) is 5.07. The average Bonchev–Trinajstić information content (AvgIpc) is 2.29. The normalized spacial score (nSPS) is 26.5. The van der Waals surface area contributed by atoms with Gasteiger partial charge in [-0.3, -0.25) is 0 Å². The lowest BCUT2D eigenvalue weighted by atomic mass is 9.88. The van der Waals surface area contributed by atoms with Crippen LogP contribution in [0.1, 0.15) is 59.3 Å². The summed E-state index contributed by atoms with van der Waals surface area (Å²) in [5.74, 6) is 0.533. The largest absolute Gasteiger partial charge is 0.464 e. The van der Waals surface area contributed by atoms with Gasteiger partial charge in [-0.05, 0) is 32.1 Å². The van der Waals surface area contributed by atoms with Gasteiger partial charge >= 0.3 is 5.97 Å². The van der Waals surface area contributed by atoms with E-state index in [1.165, 1.54) is 12.8 Å². The van der Waals surface area contributed by atoms with Gasteiger partial charge in [0.1, 0.15) is 0 Å². The number of hydrogen-bond donors (Lipinski definition) is 0. The summed E-state index contributed by atoms with van der Waals surface area (Å²) in [5, 5.41) is 0. The summed E-state index contributed by atoms with van der Waals surface area (Å²) in [7, 11) is 0. The van der Waals surface area contributed by atoms with Crippen molar-refractivity contribution in [3.8, 4) is 0 Å². The Labute approximate surface area is 105 Å². The van der Waals surface area contributed by atoms with Crippen LogP contribution >= 0.6 is 0 Å². The van der Waals surface area contributed by atoms with E-state index in [1.54, 1.807) is 0 Å². The molecule has 0 spiro atoms. The van der Waals surface area contributed by atoms with Crippen LogP contribution in [0.4, 0.5) is 0 Å². The highest BCUT2D eigenvalue weighted by atomic mass is 16.6. The minimum Gasteiger partial charge on any atom is -0.464 e. The summed E-state index contributed by atoms with van der Waals surface area (Å²) in [4.78, 5) is 11.7. The molecule has 1 aliphatic carbocycles. The number of carbonyl (C=O) groups is 1. The number of rotatable bonds is 6. The molecular formula is C14H26O3. The van der Waals surface area contributed by atoms with Crippen LogP contribution in [0, 0.1) is 5.92 Å². The highest BCUT2D eigenvalue weighted by Gasteiger charge is 2.26. The quantitative estimate of drug-likeness (QED) is 0.670. The fourth-order valence-corrected chi connectivity index (χ4v) is 2.47. The van der Waals surface area contributed by atoms with Gasteiger partial charge in [0.2, 0.25) is 0 Å². The van der Waals surface area contributed by atoms with Gasteiger partial charge in [-0.2, -0.15) is 0 Å². The second-order valence-electron chi connectivity index (χ2n) is 5.06. The van der Waals surface area contributed by atoms with Crippen LogP contribution in [-0.2, 0) is 14.3 Å². The zero-order valence-corrected chi connectivity index (χ0v) is 11.4. The Morgan fingerprint density at radius 1 is 1.35 bits per heavy atom. The van der Waals surface area contributed by atoms with Gasteiger partial charge in [-0.15, -0.1) is 0 Å². The monoisotopic (exact) mass is 242 g/mol. The van der Waals surface area contributed by atoms with Crippen molar-refractivity contribution in [1.29, 1.82) is 0 Å². The molecule has 0 aromatic rings. The Morgan fingerprint density at radius 3 is 2.71 bits per heavy atom. The number of esters is 1. The Bertz CT molecular complexity index is 228. The number of ether oxygens (including phenoxy) is 2. The fraction of sp³-hybridized carbons (Fsp3) is 0.929. The maximum Gasteiger partial charge on any atom is 0.335 e. The molecule has 0 aliphatic heterocycles. The van der Waals surface area contributed by atoms with Crippen LogP contribution in [0.5, 0.6) is 0 Å². The lowest BCUT2D eigenvalue weighted by Gasteiger charge is -2.29. The van der Waals surface area contributed by atoms with Crippen LogP contribution in [0.15, 0.2) is 0 Å². The van der Waals surface area contributed by atoms with Crippen molar-refractivity contribution in [3.63, 3.8) is 0 Å². The Balaban J connectivity index is 2.44. The molecule has 0 aromatic carbocycles. The number of carbonyl (C=O) groups excluding carboxylic acids is 1. The third-order valence-electron chi connectivity index (χ3n) is 3.35. The molecule has 1 rings (SSSR count). The molecule has 1 aliphatic rings. The van der Waals surface area contributed by atoms with Gasteiger partial charge in [0.25, 0.3) is 0 Å². The van der Waals surface area contributed by atoms with E-state index in [0.717, 1.165) is 31.6 Å². The molecule has 3 heteroatoms. The van der Waals surface area contributed by atoms with Crippen molar-refractivity contribution in [3.05, 3.63) is 0 Å². The molecule has 0 radical (unpaired) electrons. The first-order valence-electron chi connectivity index (χ1n) is 6.99. The second kappa shape index (κ2) is 7.70. The van der Waals surface area contributed by atoms with Gasteiger partial charge in [-0.25, -0.2) is 4.79 Å². The average molecular weight is 242 g/mol. The van der Waals surface area contributed by atoms with Crippen molar-refractivity contribution in [2.24, 2.45) is 5.92 Å². The van der Waals surface area contributed by atoms with Crippen molar-refractivity contribution in [2.45, 2.75) is 71.5 Å². The van der Waals surface area contributed by atoms with Gasteiger partial charge in [0.05, 0.1) is 12.7 Å². The molecular weight excluding hydrogens is 216 g/mol. The van der Waals surface area contributed by atoms with Gasteiger partial charge in [0.15, 0.2) is 6.10 Å². The van der Waals surface area contributed by atoms with Crippen LogP contribution in [-0.4, -0.2) is 24.8 Å². The molecule has 17 heavy (non-hydrogen) atoms. The smallest absolute Gasteiger partial charge is 0.335 e. The fourth-order valence-electron chi connectivity index (χ4n) is 2.47. The molecule has 0 aromatic heterocycles. The Kier molecular flexibility index (Phi) is 6.56. The minimum absolute atomic E-state index is 0.187. The summed E-state index contributed by atoms with van der Waals surface area (Å²) >= 11 is 0. The maximum absolute atomic E-state index is 11.7. The predicted octanol–water partition coefficient (Wildman–Crippen LogP) is 3.31. The first-order chi connectivity index (χ1) is 8.17. The molecule has 100 valence electrons. The Morgan fingerprint density at radius 2 is 2.12 bits per heavy atom. The summed E-state index contributed by atoms with van der Waals surface area (Å²) in [5.41, 5.74) is 0. The molecule has 0 heterocycles. The van der Waals surface area contributed by atoms with Crippen LogP contribution in [0.3, 0.4) is 0 Å². The minimum atomic E-state index is -0.352. The van der Waals surface area contributed by atoms with E-state index in [0.29, 0.717) is 6.61 Å². The standard InChI is InChI=1S/C14H26O3/c1-4-7-13(14(15)16-5-2)17-12-9-6-8-11(3)10-12/h11-13H,4-10H2,1-3H3. The predicted molar refractivity (Wildman–Crippen MR) is 67.8 cm³/mol. The molecule has 3 nitrogen and oxygen atoms in total. The van der Waals surface area contributed by atoms with E-state index < -0.39 is 0 Å². The topological polar surface area (TPSA) is 35.5 Å². The van der Waals surface area contributed by atoms with E-state index in [2.05, 4.69) is 13.8 Å². The summed E-state index contributed by atoms with van der Waals surface area (Å²) in [6, 6.07) is 0. The van der Waals surface area contributed by atoms with E-state index >= 15 is 0 Å². The van der Waals surface area contributed by atoms with Crippen molar-refractivity contribution in [2.75, 3.05) is 6.61 Å². The van der Waals surface area contributed by atoms with Crippen molar-refractivity contribution in [1.82, 2.24) is 0 Å². The zero-order chi connectivity index (χ0) is 12.7. The molecule has 1 saturated carbocycles. The van der Waals surface area contributed by atoms with Crippen LogP contribution in [0.2, 0.25) is 0 Å². The molecule has 3 unspecified atom stereocenters. The highest BCUT2D eigenvalue weighted by molar-refractivity contribution is 5.74. The molecule has 0 amide bonds. The van der Waals surface area contributed by atoms with Gasteiger partial charge < -0.3 is 9.47 Å². The second-order valence-corrected chi connectivity index (χ2v) is 5.06. The summed E-state index contributed by atoms with van der Waals surface area (Å²) < 4.78 is 11.0. The summed E-state index contributed by atoms with van der Waals surface area (Å²) in [6.07, 6.45) is 6.29. The summed E-state index contributed by atoms with van der Waals surface area (Å²) in [6.45, 7) is 6.60. The van der Waals surface area contributed by atoms with Crippen molar-refractivity contribution < 1.29 is 14.3 Å². The van der Waals surface area contributed by atoms with Gasteiger partial charge in [-0.1, -0.05) is 33.1 Å². The number of hydrogen-bond acceptors (Lipinski definition) is 3. The molecule has 0 N–H and O–H groups in total. The maximum atomic E-state index is 11.7. The van der Waals surface area contributed by atoms with Crippen LogP contribution < -0.4 is 0 Å². The van der Waals surface area contributed by atoms with E-state index in [9.17, 15) is 4.79 Å².